The summed E-state index contributed by atoms with van der Waals surface area (Å²) in [6.07, 6.45) is -0.133. The lowest BCUT2D eigenvalue weighted by atomic mass is 10.2. The first-order valence-corrected chi connectivity index (χ1v) is 8.61. The van der Waals surface area contributed by atoms with E-state index in [4.69, 9.17) is 4.74 Å². The second-order valence-corrected chi connectivity index (χ2v) is 6.18. The van der Waals surface area contributed by atoms with E-state index in [2.05, 4.69) is 15.4 Å². The van der Waals surface area contributed by atoms with E-state index in [-0.39, 0.29) is 5.91 Å². The molecule has 0 bridgehead atoms. The molecule has 132 valence electrons. The monoisotopic (exact) mass is 360 g/mol. The molecular weight excluding hydrogens is 340 g/mol. The van der Waals surface area contributed by atoms with Crippen molar-refractivity contribution in [2.24, 2.45) is 0 Å². The molecular formula is C18H20N2O4S. The van der Waals surface area contributed by atoms with E-state index in [0.717, 1.165) is 10.6 Å². The van der Waals surface area contributed by atoms with Crippen LogP contribution in [-0.4, -0.2) is 32.0 Å². The van der Waals surface area contributed by atoms with E-state index in [0.29, 0.717) is 23.5 Å². The van der Waals surface area contributed by atoms with Crippen molar-refractivity contribution in [1.82, 2.24) is 0 Å². The number of methoxy groups -OCH3 is 2. The fourth-order valence-corrected chi connectivity index (χ4v) is 2.81. The highest BCUT2D eigenvalue weighted by Gasteiger charge is 2.05. The van der Waals surface area contributed by atoms with Crippen molar-refractivity contribution in [2.45, 2.75) is 11.3 Å². The number of hydrogen-bond donors (Lipinski definition) is 2. The number of carbonyl (C=O) groups excluding carboxylic acids is 2. The third-order valence-corrected chi connectivity index (χ3v) is 4.27. The Kier molecular flexibility index (Phi) is 7.16. The maximum Gasteiger partial charge on any atom is 0.411 e. The molecule has 0 radical (unpaired) electrons. The first kappa shape index (κ1) is 18.7. The Morgan fingerprint density at radius 1 is 0.920 bits per heavy atom. The third-order valence-electron chi connectivity index (χ3n) is 3.26. The standard InChI is InChI=1S/C18H20N2O4S/c1-23-15-7-9-16(10-8-15)25-12-11-17(21)19-13-3-5-14(6-4-13)20-18(22)24-2/h3-10H,11-12H2,1-2H3,(H,19,21)(H,20,22). The number of amides is 2. The van der Waals surface area contributed by atoms with E-state index in [1.165, 1.54) is 7.11 Å². The van der Waals surface area contributed by atoms with Crippen LogP contribution in [0.2, 0.25) is 0 Å². The average molecular weight is 360 g/mol. The van der Waals surface area contributed by atoms with Gasteiger partial charge in [-0.25, -0.2) is 4.79 Å². The first-order chi connectivity index (χ1) is 12.1. The summed E-state index contributed by atoms with van der Waals surface area (Å²) in [6, 6.07) is 14.6. The lowest BCUT2D eigenvalue weighted by Gasteiger charge is -2.07. The maximum atomic E-state index is 12.0. The summed E-state index contributed by atoms with van der Waals surface area (Å²) in [5.74, 6) is 1.43. The zero-order valence-corrected chi connectivity index (χ0v) is 14.9. The summed E-state index contributed by atoms with van der Waals surface area (Å²) in [5, 5.41) is 5.37. The van der Waals surface area contributed by atoms with Crippen LogP contribution in [0.25, 0.3) is 0 Å². The zero-order valence-electron chi connectivity index (χ0n) is 14.1. The van der Waals surface area contributed by atoms with Gasteiger partial charge < -0.3 is 14.8 Å². The van der Waals surface area contributed by atoms with Crippen molar-refractivity contribution < 1.29 is 19.1 Å². The van der Waals surface area contributed by atoms with Gasteiger partial charge in [0.1, 0.15) is 5.75 Å². The highest BCUT2D eigenvalue weighted by atomic mass is 32.2. The molecule has 2 aromatic carbocycles. The van der Waals surface area contributed by atoms with Gasteiger partial charge >= 0.3 is 6.09 Å². The van der Waals surface area contributed by atoms with Crippen LogP contribution in [-0.2, 0) is 9.53 Å². The molecule has 0 spiro atoms. The summed E-state index contributed by atoms with van der Waals surface area (Å²) in [7, 11) is 2.93. The van der Waals surface area contributed by atoms with Gasteiger partial charge in [-0.1, -0.05) is 0 Å². The Morgan fingerprint density at radius 2 is 1.52 bits per heavy atom. The average Bonchev–Trinajstić information content (AvgIpc) is 2.64. The molecule has 0 unspecified atom stereocenters. The zero-order chi connectivity index (χ0) is 18.1. The van der Waals surface area contributed by atoms with Gasteiger partial charge in [0.2, 0.25) is 5.91 Å². The van der Waals surface area contributed by atoms with Crippen LogP contribution in [0.3, 0.4) is 0 Å². The molecule has 2 aromatic rings. The molecule has 6 nitrogen and oxygen atoms in total. The molecule has 0 saturated carbocycles. The number of hydrogen-bond acceptors (Lipinski definition) is 5. The van der Waals surface area contributed by atoms with Crippen molar-refractivity contribution in [3.05, 3.63) is 48.5 Å². The number of thioether (sulfide) groups is 1. The smallest absolute Gasteiger partial charge is 0.411 e. The minimum atomic E-state index is -0.535. The molecule has 0 atom stereocenters. The van der Waals surface area contributed by atoms with Crippen LogP contribution in [0.15, 0.2) is 53.4 Å². The Morgan fingerprint density at radius 3 is 2.08 bits per heavy atom. The molecule has 2 N–H and O–H groups in total. The molecule has 25 heavy (non-hydrogen) atoms. The minimum Gasteiger partial charge on any atom is -0.497 e. The largest absolute Gasteiger partial charge is 0.497 e. The van der Waals surface area contributed by atoms with Crippen LogP contribution in [0.5, 0.6) is 5.75 Å². The van der Waals surface area contributed by atoms with E-state index < -0.39 is 6.09 Å². The fraction of sp³-hybridized carbons (Fsp3) is 0.222. The highest BCUT2D eigenvalue weighted by molar-refractivity contribution is 7.99. The van der Waals surface area contributed by atoms with Gasteiger partial charge in [0, 0.05) is 28.4 Å². The second kappa shape index (κ2) is 9.58. The predicted octanol–water partition coefficient (Wildman–Crippen LogP) is 3.99. The summed E-state index contributed by atoms with van der Waals surface area (Å²) >= 11 is 1.61. The number of nitrogens with one attached hydrogen (secondary N) is 2. The number of benzene rings is 2. The molecule has 0 heterocycles. The number of carbonyl (C=O) groups is 2. The molecule has 7 heteroatoms. The molecule has 0 saturated heterocycles. The van der Waals surface area contributed by atoms with Crippen molar-refractivity contribution in [3.8, 4) is 5.75 Å². The van der Waals surface area contributed by atoms with Gasteiger partial charge in [0.05, 0.1) is 14.2 Å². The highest BCUT2D eigenvalue weighted by Crippen LogP contribution is 2.22. The van der Waals surface area contributed by atoms with Crippen LogP contribution in [0.4, 0.5) is 16.2 Å². The van der Waals surface area contributed by atoms with E-state index in [9.17, 15) is 9.59 Å². The van der Waals surface area contributed by atoms with Crippen LogP contribution in [0.1, 0.15) is 6.42 Å². The van der Waals surface area contributed by atoms with Crippen molar-refractivity contribution >= 4 is 35.1 Å². The normalized spacial score (nSPS) is 10.0. The van der Waals surface area contributed by atoms with E-state index >= 15 is 0 Å². The van der Waals surface area contributed by atoms with E-state index in [1.807, 2.05) is 24.3 Å². The quantitative estimate of drug-likeness (QED) is 0.730. The fourth-order valence-electron chi connectivity index (χ4n) is 1.96. The summed E-state index contributed by atoms with van der Waals surface area (Å²) in [5.41, 5.74) is 1.27. The molecule has 0 aliphatic heterocycles. The van der Waals surface area contributed by atoms with Gasteiger partial charge in [-0.15, -0.1) is 11.8 Å². The third kappa shape index (κ3) is 6.39. The Bertz CT molecular complexity index is 702. The Labute approximate surface area is 150 Å². The Hall–Kier alpha value is -2.67. The second-order valence-electron chi connectivity index (χ2n) is 5.02. The molecule has 0 aliphatic carbocycles. The molecule has 2 amide bonds. The van der Waals surface area contributed by atoms with Crippen molar-refractivity contribution in [1.29, 1.82) is 0 Å². The molecule has 0 aromatic heterocycles. The summed E-state index contributed by atoms with van der Waals surface area (Å²) in [4.78, 5) is 24.2. The lowest BCUT2D eigenvalue weighted by molar-refractivity contribution is -0.115. The van der Waals surface area contributed by atoms with Gasteiger partial charge in [0.15, 0.2) is 0 Å². The van der Waals surface area contributed by atoms with Crippen molar-refractivity contribution in [3.63, 3.8) is 0 Å². The summed E-state index contributed by atoms with van der Waals surface area (Å²) < 4.78 is 9.62. The van der Waals surface area contributed by atoms with Crippen molar-refractivity contribution in [2.75, 3.05) is 30.6 Å². The first-order valence-electron chi connectivity index (χ1n) is 7.62. The Balaban J connectivity index is 1.74. The topological polar surface area (TPSA) is 76.7 Å². The number of anilines is 2. The summed E-state index contributed by atoms with van der Waals surface area (Å²) in [6.45, 7) is 0. The van der Waals surface area contributed by atoms with Gasteiger partial charge in [-0.05, 0) is 48.5 Å². The maximum absolute atomic E-state index is 12.0. The van der Waals surface area contributed by atoms with E-state index in [1.54, 1.807) is 43.1 Å². The van der Waals surface area contributed by atoms with Crippen LogP contribution < -0.4 is 15.4 Å². The van der Waals surface area contributed by atoms with Gasteiger partial charge in [-0.3, -0.25) is 10.1 Å². The lowest BCUT2D eigenvalue weighted by Crippen LogP contribution is -2.13. The predicted molar refractivity (Wildman–Crippen MR) is 99.4 cm³/mol. The van der Waals surface area contributed by atoms with Gasteiger partial charge in [0.25, 0.3) is 0 Å². The van der Waals surface area contributed by atoms with Crippen LogP contribution >= 0.6 is 11.8 Å². The van der Waals surface area contributed by atoms with Crippen LogP contribution in [0, 0.1) is 0 Å². The van der Waals surface area contributed by atoms with Gasteiger partial charge in [-0.2, -0.15) is 0 Å². The SMILES string of the molecule is COC(=O)Nc1ccc(NC(=O)CCSc2ccc(OC)cc2)cc1. The number of rotatable bonds is 7. The molecule has 0 fully saturated rings. The number of ether oxygens (including phenoxy) is 2. The molecule has 2 rings (SSSR count). The molecule has 0 aliphatic rings. The minimum absolute atomic E-state index is 0.0605.